The highest BCUT2D eigenvalue weighted by molar-refractivity contribution is 9.11. The number of nitrogens with zero attached hydrogens (tertiary/aromatic N) is 1. The van der Waals surface area contributed by atoms with Crippen molar-refractivity contribution in [2.75, 3.05) is 5.73 Å². The number of nitrogen functional groups attached to an aromatic ring is 1. The highest BCUT2D eigenvalue weighted by Gasteiger charge is 2.01. The molecule has 0 aliphatic rings. The molecular weight excluding hydrogens is 280 g/mol. The SMILES string of the molecule is Nc1ccc(Sc2ccc(Br)s2)nc1. The van der Waals surface area contributed by atoms with Crippen LogP contribution in [0, 0.1) is 0 Å². The lowest BCUT2D eigenvalue weighted by Crippen LogP contribution is -1.85. The van der Waals surface area contributed by atoms with Gasteiger partial charge in [0.25, 0.3) is 0 Å². The van der Waals surface area contributed by atoms with Gasteiger partial charge in [-0.2, -0.15) is 0 Å². The van der Waals surface area contributed by atoms with Crippen LogP contribution in [0.3, 0.4) is 0 Å². The van der Waals surface area contributed by atoms with E-state index in [4.69, 9.17) is 5.73 Å². The first-order chi connectivity index (χ1) is 6.74. The molecule has 72 valence electrons. The minimum Gasteiger partial charge on any atom is -0.397 e. The quantitative estimate of drug-likeness (QED) is 0.916. The predicted molar refractivity (Wildman–Crippen MR) is 64.8 cm³/mol. The molecule has 2 nitrogen and oxygen atoms in total. The number of hydrogen-bond donors (Lipinski definition) is 1. The van der Waals surface area contributed by atoms with Gasteiger partial charge in [0.05, 0.1) is 19.9 Å². The summed E-state index contributed by atoms with van der Waals surface area (Å²) in [5.41, 5.74) is 6.24. The van der Waals surface area contributed by atoms with Crippen molar-refractivity contribution in [3.8, 4) is 0 Å². The van der Waals surface area contributed by atoms with E-state index in [2.05, 4.69) is 27.0 Å². The third-order valence-corrected chi connectivity index (χ3v) is 4.22. The lowest BCUT2D eigenvalue weighted by molar-refractivity contribution is 1.14. The number of halogens is 1. The molecule has 2 aromatic heterocycles. The van der Waals surface area contributed by atoms with Crippen molar-refractivity contribution in [1.82, 2.24) is 4.98 Å². The number of nitrogens with two attached hydrogens (primary N) is 1. The third kappa shape index (κ3) is 2.50. The molecule has 14 heavy (non-hydrogen) atoms. The second-order valence-electron chi connectivity index (χ2n) is 2.59. The number of aromatic nitrogens is 1. The van der Waals surface area contributed by atoms with Gasteiger partial charge < -0.3 is 5.73 Å². The van der Waals surface area contributed by atoms with Gasteiger partial charge in [0.1, 0.15) is 5.03 Å². The van der Waals surface area contributed by atoms with E-state index < -0.39 is 0 Å². The summed E-state index contributed by atoms with van der Waals surface area (Å²) in [6, 6.07) is 7.88. The fourth-order valence-corrected chi connectivity index (χ4v) is 3.62. The summed E-state index contributed by atoms with van der Waals surface area (Å²) in [5.74, 6) is 0. The standard InChI is InChI=1S/C9H7BrN2S2/c10-7-2-4-9(13-7)14-8-3-1-6(11)5-12-8/h1-5H,11H2. The highest BCUT2D eigenvalue weighted by Crippen LogP contribution is 2.34. The van der Waals surface area contributed by atoms with Gasteiger partial charge >= 0.3 is 0 Å². The minimum absolute atomic E-state index is 0.696. The van der Waals surface area contributed by atoms with Crippen molar-refractivity contribution in [3.05, 3.63) is 34.2 Å². The van der Waals surface area contributed by atoms with Gasteiger partial charge in [-0.25, -0.2) is 4.98 Å². The Morgan fingerprint density at radius 3 is 2.71 bits per heavy atom. The van der Waals surface area contributed by atoms with E-state index in [0.29, 0.717) is 5.69 Å². The average molecular weight is 287 g/mol. The van der Waals surface area contributed by atoms with Crippen LogP contribution in [0.2, 0.25) is 0 Å². The van der Waals surface area contributed by atoms with E-state index >= 15 is 0 Å². The Labute approximate surface area is 98.7 Å². The van der Waals surface area contributed by atoms with Gasteiger partial charge in [-0.3, -0.25) is 0 Å². The first-order valence-electron chi connectivity index (χ1n) is 3.89. The molecule has 0 aliphatic heterocycles. The Morgan fingerprint density at radius 2 is 2.14 bits per heavy atom. The first kappa shape index (κ1) is 10.0. The zero-order valence-electron chi connectivity index (χ0n) is 7.11. The molecule has 0 aliphatic carbocycles. The molecule has 2 aromatic rings. The van der Waals surface area contributed by atoms with Crippen molar-refractivity contribution in [1.29, 1.82) is 0 Å². The molecule has 0 spiro atoms. The molecule has 0 fully saturated rings. The molecule has 0 aromatic carbocycles. The Bertz CT molecular complexity index is 425. The zero-order valence-corrected chi connectivity index (χ0v) is 10.3. The Hall–Kier alpha value is -0.520. The van der Waals surface area contributed by atoms with Crippen LogP contribution in [-0.2, 0) is 0 Å². The predicted octanol–water partition coefficient (Wildman–Crippen LogP) is 3.64. The topological polar surface area (TPSA) is 38.9 Å². The maximum Gasteiger partial charge on any atom is 0.102 e. The van der Waals surface area contributed by atoms with Crippen molar-refractivity contribution < 1.29 is 0 Å². The zero-order chi connectivity index (χ0) is 9.97. The normalized spacial score (nSPS) is 10.4. The summed E-state index contributed by atoms with van der Waals surface area (Å²) in [7, 11) is 0. The average Bonchev–Trinajstić information content (AvgIpc) is 2.56. The maximum absolute atomic E-state index is 5.55. The molecule has 0 atom stereocenters. The lowest BCUT2D eigenvalue weighted by Gasteiger charge is -1.97. The van der Waals surface area contributed by atoms with E-state index in [0.717, 1.165) is 8.81 Å². The van der Waals surface area contributed by atoms with Crippen LogP contribution in [0.15, 0.2) is 43.5 Å². The molecule has 0 saturated heterocycles. The number of pyridine rings is 1. The lowest BCUT2D eigenvalue weighted by atomic mass is 10.4. The van der Waals surface area contributed by atoms with Gasteiger partial charge in [-0.1, -0.05) is 11.8 Å². The van der Waals surface area contributed by atoms with Crippen molar-refractivity contribution in [2.24, 2.45) is 0 Å². The van der Waals surface area contributed by atoms with Gasteiger partial charge in [0.15, 0.2) is 0 Å². The van der Waals surface area contributed by atoms with Crippen LogP contribution in [0.1, 0.15) is 0 Å². The first-order valence-corrected chi connectivity index (χ1v) is 6.31. The van der Waals surface area contributed by atoms with Crippen LogP contribution in [0.5, 0.6) is 0 Å². The minimum atomic E-state index is 0.696. The Balaban J connectivity index is 2.15. The number of rotatable bonds is 2. The molecule has 0 bridgehead atoms. The second kappa shape index (κ2) is 4.33. The Kier molecular flexibility index (Phi) is 3.10. The van der Waals surface area contributed by atoms with E-state index in [9.17, 15) is 0 Å². The van der Waals surface area contributed by atoms with E-state index in [-0.39, 0.29) is 0 Å². The van der Waals surface area contributed by atoms with Crippen LogP contribution in [0.4, 0.5) is 5.69 Å². The number of anilines is 1. The van der Waals surface area contributed by atoms with Crippen LogP contribution in [0.25, 0.3) is 0 Å². The molecule has 2 N–H and O–H groups in total. The third-order valence-electron chi connectivity index (χ3n) is 1.51. The van der Waals surface area contributed by atoms with Crippen molar-refractivity contribution in [3.63, 3.8) is 0 Å². The summed E-state index contributed by atoms with van der Waals surface area (Å²) >= 11 is 6.76. The molecule has 2 rings (SSSR count). The second-order valence-corrected chi connectivity index (χ2v) is 6.37. The summed E-state index contributed by atoms with van der Waals surface area (Å²) < 4.78 is 2.35. The number of thiophene rings is 1. The molecule has 0 saturated carbocycles. The van der Waals surface area contributed by atoms with Crippen molar-refractivity contribution in [2.45, 2.75) is 9.24 Å². The monoisotopic (exact) mass is 286 g/mol. The molecule has 2 heterocycles. The fraction of sp³-hybridized carbons (Fsp3) is 0. The molecule has 0 radical (unpaired) electrons. The molecular formula is C9H7BrN2S2. The smallest absolute Gasteiger partial charge is 0.102 e. The molecule has 5 heteroatoms. The van der Waals surface area contributed by atoms with Crippen molar-refractivity contribution >= 4 is 44.7 Å². The summed E-state index contributed by atoms with van der Waals surface area (Å²) in [6.45, 7) is 0. The van der Waals surface area contributed by atoms with Gasteiger partial charge in [-0.15, -0.1) is 11.3 Å². The van der Waals surface area contributed by atoms with E-state index in [1.165, 1.54) is 4.21 Å². The van der Waals surface area contributed by atoms with Crippen LogP contribution < -0.4 is 5.73 Å². The maximum atomic E-state index is 5.55. The molecule has 0 unspecified atom stereocenters. The van der Waals surface area contributed by atoms with Gasteiger partial charge in [0.2, 0.25) is 0 Å². The summed E-state index contributed by atoms with van der Waals surface area (Å²) in [5, 5.41) is 0.966. The molecule has 0 amide bonds. The van der Waals surface area contributed by atoms with Crippen LogP contribution in [-0.4, -0.2) is 4.98 Å². The summed E-state index contributed by atoms with van der Waals surface area (Å²) in [6.07, 6.45) is 1.67. The van der Waals surface area contributed by atoms with E-state index in [1.807, 2.05) is 18.2 Å². The van der Waals surface area contributed by atoms with Crippen LogP contribution >= 0.6 is 39.0 Å². The van der Waals surface area contributed by atoms with Gasteiger partial charge in [0, 0.05) is 0 Å². The van der Waals surface area contributed by atoms with Gasteiger partial charge in [-0.05, 0) is 40.2 Å². The summed E-state index contributed by atoms with van der Waals surface area (Å²) in [4.78, 5) is 4.21. The fourth-order valence-electron chi connectivity index (χ4n) is 0.908. The highest BCUT2D eigenvalue weighted by atomic mass is 79.9. The Morgan fingerprint density at radius 1 is 1.29 bits per heavy atom. The number of hydrogen-bond acceptors (Lipinski definition) is 4. The largest absolute Gasteiger partial charge is 0.397 e. The van der Waals surface area contributed by atoms with E-state index in [1.54, 1.807) is 29.3 Å².